The molecule has 0 saturated carbocycles. The van der Waals surface area contributed by atoms with Crippen LogP contribution in [0.25, 0.3) is 10.8 Å². The summed E-state index contributed by atoms with van der Waals surface area (Å²) in [6.07, 6.45) is 0.802. The lowest BCUT2D eigenvalue weighted by atomic mass is 10.1. The monoisotopic (exact) mass is 560 g/mol. The van der Waals surface area contributed by atoms with E-state index in [-0.39, 0.29) is 29.9 Å². The number of hydrogen-bond donors (Lipinski definition) is 2. The van der Waals surface area contributed by atoms with Gasteiger partial charge in [-0.05, 0) is 65.6 Å². The minimum atomic E-state index is 0. The number of ether oxygens (including phenoxy) is 1. The first-order chi connectivity index (χ1) is 15.5. The molecule has 2 N–H and O–H groups in total. The number of amides is 1. The molecule has 0 fully saturated rings. The first kappa shape index (κ1) is 26.4. The number of carbonyl (C=O) groups is 1. The van der Waals surface area contributed by atoms with Crippen LogP contribution in [-0.4, -0.2) is 51.1 Å². The molecule has 3 aromatic carbocycles. The normalized spacial score (nSPS) is 11.0. The predicted octanol–water partition coefficient (Wildman–Crippen LogP) is 4.47. The molecule has 3 aromatic rings. The summed E-state index contributed by atoms with van der Waals surface area (Å²) in [7, 11) is 5.21. The number of hydrogen-bond acceptors (Lipinski definition) is 3. The van der Waals surface area contributed by atoms with Crippen LogP contribution in [0.2, 0.25) is 0 Å². The maximum absolute atomic E-state index is 12.2. The van der Waals surface area contributed by atoms with Crippen molar-refractivity contribution < 1.29 is 9.53 Å². The van der Waals surface area contributed by atoms with Crippen LogP contribution in [0.15, 0.2) is 65.7 Å². The number of halogens is 1. The SMILES string of the molecule is CCNC(=NCc1ccc2cc(OC)ccc2c1)NCCc1cccc(C(=O)N(C)C)c1.I. The first-order valence-corrected chi connectivity index (χ1v) is 10.9. The summed E-state index contributed by atoms with van der Waals surface area (Å²) < 4.78 is 5.30. The third kappa shape index (κ3) is 7.63. The lowest BCUT2D eigenvalue weighted by Crippen LogP contribution is -2.38. The molecule has 0 aromatic heterocycles. The van der Waals surface area contributed by atoms with Gasteiger partial charge in [0.05, 0.1) is 13.7 Å². The van der Waals surface area contributed by atoms with Crippen LogP contribution < -0.4 is 15.4 Å². The highest BCUT2D eigenvalue weighted by molar-refractivity contribution is 14.0. The standard InChI is InChI=1S/C26H32N4O2.HI/c1-5-27-26(28-14-13-19-7-6-8-23(15-19)25(31)30(2)3)29-18-20-9-10-22-17-24(32-4)12-11-21(22)16-20;/h6-12,15-17H,5,13-14,18H2,1-4H3,(H2,27,28,29);1H. The van der Waals surface area contributed by atoms with Crippen LogP contribution in [0.3, 0.4) is 0 Å². The lowest BCUT2D eigenvalue weighted by molar-refractivity contribution is 0.0827. The van der Waals surface area contributed by atoms with Gasteiger partial charge in [-0.3, -0.25) is 4.79 Å². The van der Waals surface area contributed by atoms with E-state index in [1.807, 2.05) is 36.4 Å². The Labute approximate surface area is 213 Å². The number of nitrogens with zero attached hydrogens (tertiary/aromatic N) is 2. The molecule has 7 heteroatoms. The average molecular weight is 560 g/mol. The smallest absolute Gasteiger partial charge is 0.253 e. The molecular weight excluding hydrogens is 527 g/mol. The Bertz CT molecular complexity index is 1100. The molecule has 0 bridgehead atoms. The molecular formula is C26H33IN4O2. The molecule has 3 rings (SSSR count). The molecule has 0 aliphatic rings. The van der Waals surface area contributed by atoms with Gasteiger partial charge in [0, 0.05) is 32.7 Å². The quantitative estimate of drug-likeness (QED) is 0.243. The maximum Gasteiger partial charge on any atom is 0.253 e. The summed E-state index contributed by atoms with van der Waals surface area (Å²) in [5.74, 6) is 1.66. The van der Waals surface area contributed by atoms with E-state index in [9.17, 15) is 4.79 Å². The predicted molar refractivity (Wildman–Crippen MR) is 147 cm³/mol. The van der Waals surface area contributed by atoms with Gasteiger partial charge >= 0.3 is 0 Å². The summed E-state index contributed by atoms with van der Waals surface area (Å²) in [4.78, 5) is 18.5. The fourth-order valence-electron chi connectivity index (χ4n) is 3.45. The average Bonchev–Trinajstić information content (AvgIpc) is 2.81. The summed E-state index contributed by atoms with van der Waals surface area (Å²) in [6.45, 7) is 4.15. The maximum atomic E-state index is 12.2. The third-order valence-corrected chi connectivity index (χ3v) is 5.16. The molecule has 0 saturated heterocycles. The Hall–Kier alpha value is -2.81. The minimum Gasteiger partial charge on any atom is -0.497 e. The van der Waals surface area contributed by atoms with Crippen LogP contribution in [-0.2, 0) is 13.0 Å². The molecule has 0 unspecified atom stereocenters. The fraction of sp³-hybridized carbons (Fsp3) is 0.308. The largest absolute Gasteiger partial charge is 0.497 e. The highest BCUT2D eigenvalue weighted by Crippen LogP contribution is 2.22. The molecule has 1 amide bonds. The molecule has 0 radical (unpaired) electrons. The van der Waals surface area contributed by atoms with Gasteiger partial charge < -0.3 is 20.3 Å². The summed E-state index contributed by atoms with van der Waals surface area (Å²) in [5, 5.41) is 9.01. The van der Waals surface area contributed by atoms with Crippen LogP contribution >= 0.6 is 24.0 Å². The number of fused-ring (bicyclic) bond motifs is 1. The van der Waals surface area contributed by atoms with Gasteiger partial charge in [-0.25, -0.2) is 4.99 Å². The highest BCUT2D eigenvalue weighted by atomic mass is 127. The van der Waals surface area contributed by atoms with Gasteiger partial charge in [0.1, 0.15) is 5.75 Å². The molecule has 176 valence electrons. The van der Waals surface area contributed by atoms with Crippen molar-refractivity contribution in [2.45, 2.75) is 19.9 Å². The van der Waals surface area contributed by atoms with E-state index in [0.717, 1.165) is 47.7 Å². The lowest BCUT2D eigenvalue weighted by Gasteiger charge is -2.13. The number of aliphatic imine (C=N–C) groups is 1. The van der Waals surface area contributed by atoms with Crippen molar-refractivity contribution in [3.05, 3.63) is 77.4 Å². The zero-order valence-electron chi connectivity index (χ0n) is 19.7. The zero-order valence-corrected chi connectivity index (χ0v) is 22.1. The van der Waals surface area contributed by atoms with Crippen molar-refractivity contribution in [3.8, 4) is 5.75 Å². The molecule has 6 nitrogen and oxygen atoms in total. The van der Waals surface area contributed by atoms with Crippen molar-refractivity contribution in [1.29, 1.82) is 0 Å². The highest BCUT2D eigenvalue weighted by Gasteiger charge is 2.08. The fourth-order valence-corrected chi connectivity index (χ4v) is 3.45. The van der Waals surface area contributed by atoms with E-state index in [1.54, 1.807) is 26.1 Å². The second-order valence-corrected chi connectivity index (χ2v) is 7.82. The number of methoxy groups -OCH3 is 1. The second kappa shape index (κ2) is 13.0. The Morgan fingerprint density at radius 1 is 0.970 bits per heavy atom. The van der Waals surface area contributed by atoms with E-state index in [2.05, 4.69) is 41.8 Å². The minimum absolute atomic E-state index is 0. The molecule has 0 heterocycles. The van der Waals surface area contributed by atoms with Gasteiger partial charge in [-0.1, -0.05) is 30.3 Å². The van der Waals surface area contributed by atoms with Crippen molar-refractivity contribution in [3.63, 3.8) is 0 Å². The van der Waals surface area contributed by atoms with E-state index in [4.69, 9.17) is 9.73 Å². The summed E-state index contributed by atoms with van der Waals surface area (Å²) in [6, 6.07) is 20.2. The van der Waals surface area contributed by atoms with Crippen LogP contribution in [0.1, 0.15) is 28.4 Å². The van der Waals surface area contributed by atoms with Crippen LogP contribution in [0.4, 0.5) is 0 Å². The molecule has 0 atom stereocenters. The van der Waals surface area contributed by atoms with Gasteiger partial charge in [0.25, 0.3) is 5.91 Å². The Kier molecular flexibility index (Phi) is 10.4. The van der Waals surface area contributed by atoms with Crippen LogP contribution in [0, 0.1) is 0 Å². The van der Waals surface area contributed by atoms with Gasteiger partial charge in [0.2, 0.25) is 0 Å². The zero-order chi connectivity index (χ0) is 22.9. The summed E-state index contributed by atoms with van der Waals surface area (Å²) in [5.41, 5.74) is 2.97. The van der Waals surface area contributed by atoms with E-state index in [0.29, 0.717) is 12.1 Å². The van der Waals surface area contributed by atoms with Crippen molar-refractivity contribution in [2.24, 2.45) is 4.99 Å². The van der Waals surface area contributed by atoms with Crippen molar-refractivity contribution >= 4 is 46.6 Å². The van der Waals surface area contributed by atoms with E-state index >= 15 is 0 Å². The number of rotatable bonds is 8. The number of benzene rings is 3. The number of nitrogens with one attached hydrogen (secondary N) is 2. The second-order valence-electron chi connectivity index (χ2n) is 7.82. The number of guanidine groups is 1. The first-order valence-electron chi connectivity index (χ1n) is 10.9. The Balaban J connectivity index is 0.00000385. The molecule has 33 heavy (non-hydrogen) atoms. The molecule has 0 aliphatic carbocycles. The topological polar surface area (TPSA) is 66.0 Å². The van der Waals surface area contributed by atoms with Gasteiger partial charge in [-0.15, -0.1) is 24.0 Å². The molecule has 0 aliphatic heterocycles. The van der Waals surface area contributed by atoms with E-state index in [1.165, 1.54) is 5.39 Å². The molecule has 0 spiro atoms. The van der Waals surface area contributed by atoms with Crippen molar-refractivity contribution in [2.75, 3.05) is 34.3 Å². The Morgan fingerprint density at radius 2 is 1.73 bits per heavy atom. The number of carbonyl (C=O) groups excluding carboxylic acids is 1. The van der Waals surface area contributed by atoms with Crippen molar-refractivity contribution in [1.82, 2.24) is 15.5 Å². The van der Waals surface area contributed by atoms with Gasteiger partial charge in [-0.2, -0.15) is 0 Å². The Morgan fingerprint density at radius 3 is 2.45 bits per heavy atom. The summed E-state index contributed by atoms with van der Waals surface area (Å²) >= 11 is 0. The van der Waals surface area contributed by atoms with Crippen LogP contribution in [0.5, 0.6) is 5.75 Å². The van der Waals surface area contributed by atoms with Gasteiger partial charge in [0.15, 0.2) is 5.96 Å². The van der Waals surface area contributed by atoms with E-state index < -0.39 is 0 Å². The third-order valence-electron chi connectivity index (χ3n) is 5.16.